The molecule has 8 heteroatoms. The Balaban J connectivity index is 1.25. The molecule has 1 amide bonds. The average Bonchev–Trinajstić information content (AvgIpc) is 3.23. The summed E-state index contributed by atoms with van der Waals surface area (Å²) >= 11 is 0. The van der Waals surface area contributed by atoms with Crippen molar-refractivity contribution in [3.63, 3.8) is 0 Å². The summed E-state index contributed by atoms with van der Waals surface area (Å²) in [5.41, 5.74) is 1.87. The average molecular weight is 408 g/mol. The Labute approximate surface area is 175 Å². The van der Waals surface area contributed by atoms with Crippen LogP contribution in [-0.4, -0.2) is 62.1 Å². The largest absolute Gasteiger partial charge is 0.340 e. The topological polar surface area (TPSA) is 67.2 Å². The van der Waals surface area contributed by atoms with Crippen LogP contribution in [-0.2, 0) is 17.8 Å². The molecule has 4 rings (SSSR count). The number of hydrogen-bond acceptors (Lipinski definition) is 5. The van der Waals surface area contributed by atoms with Gasteiger partial charge in [-0.2, -0.15) is 4.68 Å². The van der Waals surface area contributed by atoms with Gasteiger partial charge in [-0.15, -0.1) is 5.10 Å². The number of nitrogens with zero attached hydrogens (tertiary/aromatic N) is 6. The van der Waals surface area contributed by atoms with Gasteiger partial charge in [0.2, 0.25) is 5.91 Å². The van der Waals surface area contributed by atoms with Crippen LogP contribution in [0, 0.1) is 5.82 Å². The quantitative estimate of drug-likeness (QED) is 0.601. The molecule has 1 aliphatic rings. The fraction of sp³-hybridized carbons (Fsp3) is 0.364. The number of carbonyl (C=O) groups excluding carboxylic acids is 1. The molecule has 1 aromatic heterocycles. The highest BCUT2D eigenvalue weighted by atomic mass is 19.1. The van der Waals surface area contributed by atoms with Crippen molar-refractivity contribution in [2.24, 2.45) is 0 Å². The van der Waals surface area contributed by atoms with E-state index in [1.54, 1.807) is 16.8 Å². The van der Waals surface area contributed by atoms with Crippen LogP contribution >= 0.6 is 0 Å². The summed E-state index contributed by atoms with van der Waals surface area (Å²) in [6.45, 7) is 3.48. The van der Waals surface area contributed by atoms with Crippen molar-refractivity contribution in [1.29, 1.82) is 0 Å². The van der Waals surface area contributed by atoms with E-state index in [0.717, 1.165) is 25.9 Å². The van der Waals surface area contributed by atoms with Gasteiger partial charge in [0, 0.05) is 32.6 Å². The second-order valence-corrected chi connectivity index (χ2v) is 7.48. The molecule has 2 heterocycles. The number of benzene rings is 2. The zero-order valence-electron chi connectivity index (χ0n) is 16.8. The molecule has 3 aromatic rings. The van der Waals surface area contributed by atoms with Crippen molar-refractivity contribution in [3.8, 4) is 5.69 Å². The summed E-state index contributed by atoms with van der Waals surface area (Å²) in [6, 6.07) is 16.5. The third-order valence-electron chi connectivity index (χ3n) is 5.38. The summed E-state index contributed by atoms with van der Waals surface area (Å²) in [7, 11) is 0. The molecule has 0 spiro atoms. The molecule has 7 nitrogen and oxygen atoms in total. The van der Waals surface area contributed by atoms with Gasteiger partial charge in [-0.05, 0) is 47.0 Å². The maximum atomic E-state index is 13.5. The van der Waals surface area contributed by atoms with Crippen LogP contribution in [0.1, 0.15) is 24.2 Å². The van der Waals surface area contributed by atoms with E-state index < -0.39 is 0 Å². The normalized spacial score (nSPS) is 14.8. The van der Waals surface area contributed by atoms with E-state index in [1.165, 1.54) is 17.7 Å². The molecule has 0 aliphatic carbocycles. The molecule has 0 atom stereocenters. The van der Waals surface area contributed by atoms with Crippen LogP contribution in [0.3, 0.4) is 0 Å². The predicted molar refractivity (Wildman–Crippen MR) is 110 cm³/mol. The minimum absolute atomic E-state index is 0.218. The van der Waals surface area contributed by atoms with Gasteiger partial charge >= 0.3 is 0 Å². The maximum absolute atomic E-state index is 13.5. The van der Waals surface area contributed by atoms with Gasteiger partial charge in [-0.3, -0.25) is 9.69 Å². The fourth-order valence-electron chi connectivity index (χ4n) is 3.71. The van der Waals surface area contributed by atoms with E-state index in [0.29, 0.717) is 37.6 Å². The Bertz CT molecular complexity index is 969. The van der Waals surface area contributed by atoms with Crippen LogP contribution in [0.25, 0.3) is 5.69 Å². The summed E-state index contributed by atoms with van der Waals surface area (Å²) in [5, 5.41) is 11.8. The van der Waals surface area contributed by atoms with Crippen molar-refractivity contribution in [3.05, 3.63) is 71.8 Å². The predicted octanol–water partition coefficient (Wildman–Crippen LogP) is 2.47. The van der Waals surface area contributed by atoms with Gasteiger partial charge in [-0.25, -0.2) is 4.39 Å². The second kappa shape index (κ2) is 9.58. The van der Waals surface area contributed by atoms with Gasteiger partial charge in [0.25, 0.3) is 0 Å². The van der Waals surface area contributed by atoms with Crippen LogP contribution in [0.2, 0.25) is 0 Å². The van der Waals surface area contributed by atoms with Crippen molar-refractivity contribution in [1.82, 2.24) is 30.0 Å². The van der Waals surface area contributed by atoms with E-state index in [1.807, 2.05) is 23.1 Å². The number of aromatic nitrogens is 4. The zero-order chi connectivity index (χ0) is 20.8. The summed E-state index contributed by atoms with van der Waals surface area (Å²) in [6.07, 6.45) is 2.37. The molecule has 1 saturated heterocycles. The highest BCUT2D eigenvalue weighted by molar-refractivity contribution is 5.76. The lowest BCUT2D eigenvalue weighted by Crippen LogP contribution is -2.48. The molecule has 0 radical (unpaired) electrons. The maximum Gasteiger partial charge on any atom is 0.222 e. The molecule has 156 valence electrons. The minimum Gasteiger partial charge on any atom is -0.340 e. The van der Waals surface area contributed by atoms with E-state index >= 15 is 0 Å². The van der Waals surface area contributed by atoms with E-state index in [2.05, 4.69) is 32.6 Å². The first-order valence-electron chi connectivity index (χ1n) is 10.3. The highest BCUT2D eigenvalue weighted by Crippen LogP contribution is 2.13. The number of piperazine rings is 1. The first kappa shape index (κ1) is 20.2. The molecule has 0 N–H and O–H groups in total. The number of carbonyl (C=O) groups is 1. The standard InChI is InChI=1S/C22H25FN6O/c23-19-9-5-10-20(16-19)29-21(24-25-26-29)17-27-12-14-28(15-13-27)22(30)11-4-8-18-6-2-1-3-7-18/h1-3,5-7,9-10,16H,4,8,11-15,17H2. The number of aryl methyl sites for hydroxylation is 1. The number of tetrazole rings is 1. The molecule has 0 bridgehead atoms. The Hall–Kier alpha value is -3.13. The lowest BCUT2D eigenvalue weighted by Gasteiger charge is -2.34. The van der Waals surface area contributed by atoms with Crippen LogP contribution < -0.4 is 0 Å². The van der Waals surface area contributed by atoms with E-state index in [4.69, 9.17) is 0 Å². The first-order valence-corrected chi connectivity index (χ1v) is 10.3. The van der Waals surface area contributed by atoms with Gasteiger partial charge in [0.05, 0.1) is 12.2 Å². The first-order chi connectivity index (χ1) is 14.7. The smallest absolute Gasteiger partial charge is 0.222 e. The lowest BCUT2D eigenvalue weighted by atomic mass is 10.1. The Morgan fingerprint density at radius 2 is 1.80 bits per heavy atom. The third-order valence-corrected chi connectivity index (χ3v) is 5.38. The van der Waals surface area contributed by atoms with Crippen molar-refractivity contribution in [2.45, 2.75) is 25.8 Å². The molecule has 2 aromatic carbocycles. The number of hydrogen-bond donors (Lipinski definition) is 0. The van der Waals surface area contributed by atoms with Gasteiger partial charge in [-0.1, -0.05) is 36.4 Å². The van der Waals surface area contributed by atoms with Crippen molar-refractivity contribution < 1.29 is 9.18 Å². The third kappa shape index (κ3) is 5.07. The van der Waals surface area contributed by atoms with Gasteiger partial charge in [0.1, 0.15) is 5.82 Å². The Morgan fingerprint density at radius 1 is 1.00 bits per heavy atom. The van der Waals surface area contributed by atoms with Gasteiger partial charge < -0.3 is 4.90 Å². The SMILES string of the molecule is O=C(CCCc1ccccc1)N1CCN(Cc2nnnn2-c2cccc(F)c2)CC1. The number of amides is 1. The van der Waals surface area contributed by atoms with Gasteiger partial charge in [0.15, 0.2) is 5.82 Å². The molecule has 1 fully saturated rings. The van der Waals surface area contributed by atoms with Crippen molar-refractivity contribution in [2.75, 3.05) is 26.2 Å². The summed E-state index contributed by atoms with van der Waals surface area (Å²) in [4.78, 5) is 16.7. The minimum atomic E-state index is -0.326. The van der Waals surface area contributed by atoms with E-state index in [9.17, 15) is 9.18 Å². The molecule has 30 heavy (non-hydrogen) atoms. The monoisotopic (exact) mass is 408 g/mol. The van der Waals surface area contributed by atoms with Crippen LogP contribution in [0.4, 0.5) is 4.39 Å². The zero-order valence-corrected chi connectivity index (χ0v) is 16.8. The summed E-state index contributed by atoms with van der Waals surface area (Å²) in [5.74, 6) is 0.548. The number of rotatable bonds is 7. The molecular formula is C22H25FN6O. The van der Waals surface area contributed by atoms with Crippen LogP contribution in [0.15, 0.2) is 54.6 Å². The Kier molecular flexibility index (Phi) is 6.44. The summed E-state index contributed by atoms with van der Waals surface area (Å²) < 4.78 is 15.1. The second-order valence-electron chi connectivity index (χ2n) is 7.48. The number of halogens is 1. The van der Waals surface area contributed by atoms with E-state index in [-0.39, 0.29) is 11.7 Å². The van der Waals surface area contributed by atoms with Crippen molar-refractivity contribution >= 4 is 5.91 Å². The molecule has 0 saturated carbocycles. The van der Waals surface area contributed by atoms with Crippen LogP contribution in [0.5, 0.6) is 0 Å². The lowest BCUT2D eigenvalue weighted by molar-refractivity contribution is -0.133. The molecule has 1 aliphatic heterocycles. The fourth-order valence-corrected chi connectivity index (χ4v) is 3.71. The molecule has 0 unspecified atom stereocenters. The highest BCUT2D eigenvalue weighted by Gasteiger charge is 2.22. The Morgan fingerprint density at radius 3 is 2.57 bits per heavy atom. The molecular weight excluding hydrogens is 383 g/mol.